The number of piperidine rings is 1. The highest BCUT2D eigenvalue weighted by atomic mass is 16.5. The zero-order valence-electron chi connectivity index (χ0n) is 14.7. The van der Waals surface area contributed by atoms with E-state index in [-0.39, 0.29) is 17.4 Å². The van der Waals surface area contributed by atoms with Crippen molar-refractivity contribution in [1.29, 1.82) is 0 Å². The third-order valence-electron chi connectivity index (χ3n) is 5.17. The van der Waals surface area contributed by atoms with E-state index in [0.29, 0.717) is 31.1 Å². The molecule has 0 saturated carbocycles. The lowest BCUT2D eigenvalue weighted by Gasteiger charge is -2.50. The van der Waals surface area contributed by atoms with Crippen LogP contribution in [0.3, 0.4) is 0 Å². The van der Waals surface area contributed by atoms with Crippen LogP contribution in [0.4, 0.5) is 0 Å². The number of hydrogen-bond donors (Lipinski definition) is 0. The van der Waals surface area contributed by atoms with Gasteiger partial charge in [0.1, 0.15) is 11.5 Å². The predicted molar refractivity (Wildman–Crippen MR) is 91.1 cm³/mol. The number of likely N-dealkylation sites (tertiary alicyclic amines) is 1. The fourth-order valence-electron chi connectivity index (χ4n) is 4.03. The second-order valence-electron chi connectivity index (χ2n) is 6.97. The molecule has 132 valence electrons. The maximum atomic E-state index is 12.9. The molecule has 24 heavy (non-hydrogen) atoms. The Balaban J connectivity index is 1.77. The van der Waals surface area contributed by atoms with Crippen LogP contribution >= 0.6 is 0 Å². The van der Waals surface area contributed by atoms with Gasteiger partial charge in [-0.05, 0) is 39.2 Å². The van der Waals surface area contributed by atoms with Crippen LogP contribution < -0.4 is 0 Å². The van der Waals surface area contributed by atoms with Gasteiger partial charge >= 0.3 is 0 Å². The summed E-state index contributed by atoms with van der Waals surface area (Å²) >= 11 is 0. The summed E-state index contributed by atoms with van der Waals surface area (Å²) in [6.45, 7) is 10.8. The van der Waals surface area contributed by atoms with Gasteiger partial charge in [-0.3, -0.25) is 4.79 Å². The van der Waals surface area contributed by atoms with E-state index in [0.717, 1.165) is 38.2 Å². The Bertz CT molecular complexity index is 609. The highest BCUT2D eigenvalue weighted by Gasteiger charge is 2.47. The molecule has 1 amide bonds. The Morgan fingerprint density at radius 3 is 3.08 bits per heavy atom. The van der Waals surface area contributed by atoms with Crippen LogP contribution in [0.2, 0.25) is 0 Å². The average Bonchev–Trinajstić information content (AvgIpc) is 2.92. The summed E-state index contributed by atoms with van der Waals surface area (Å²) in [5.41, 5.74) is 0.562. The highest BCUT2D eigenvalue weighted by molar-refractivity contribution is 5.95. The molecule has 2 saturated heterocycles. The largest absolute Gasteiger partial charge is 0.466 e. The standard InChI is InChI=1S/C19H27NO4/c1-4-9-22-13-19-7-5-10-23-17(19)6-8-20(12-19)18(21)16-11-14(2)24-15(16)3/h4,11,17H,1,5-10,12-13H2,2-3H3/t17-,19-/m0/s1. The molecule has 5 heteroatoms. The number of ether oxygens (including phenoxy) is 2. The molecule has 1 aromatic rings. The summed E-state index contributed by atoms with van der Waals surface area (Å²) in [6, 6.07) is 1.84. The van der Waals surface area contributed by atoms with Gasteiger partial charge in [0.15, 0.2) is 0 Å². The molecular weight excluding hydrogens is 306 g/mol. The molecule has 2 atom stereocenters. The fourth-order valence-corrected chi connectivity index (χ4v) is 4.03. The van der Waals surface area contributed by atoms with Crippen molar-refractivity contribution < 1.29 is 18.7 Å². The molecule has 0 aliphatic carbocycles. The topological polar surface area (TPSA) is 51.9 Å². The van der Waals surface area contributed by atoms with Crippen LogP contribution in [0.15, 0.2) is 23.1 Å². The quantitative estimate of drug-likeness (QED) is 0.614. The second-order valence-corrected chi connectivity index (χ2v) is 6.97. The van der Waals surface area contributed by atoms with E-state index in [1.165, 1.54) is 0 Å². The lowest BCUT2D eigenvalue weighted by Crippen LogP contribution is -2.58. The summed E-state index contributed by atoms with van der Waals surface area (Å²) < 4.78 is 17.3. The van der Waals surface area contributed by atoms with Gasteiger partial charge in [0, 0.05) is 25.1 Å². The molecule has 2 aliphatic heterocycles. The first kappa shape index (κ1) is 17.2. The minimum absolute atomic E-state index is 0.0523. The summed E-state index contributed by atoms with van der Waals surface area (Å²) in [4.78, 5) is 14.9. The Morgan fingerprint density at radius 2 is 2.38 bits per heavy atom. The molecule has 5 nitrogen and oxygen atoms in total. The Kier molecular flexibility index (Phi) is 5.11. The van der Waals surface area contributed by atoms with Gasteiger partial charge in [-0.1, -0.05) is 6.08 Å². The normalized spacial score (nSPS) is 26.9. The summed E-state index contributed by atoms with van der Waals surface area (Å²) in [7, 11) is 0. The minimum atomic E-state index is -0.109. The number of furan rings is 1. The molecule has 0 bridgehead atoms. The number of carbonyl (C=O) groups is 1. The first-order valence-corrected chi connectivity index (χ1v) is 8.72. The van der Waals surface area contributed by atoms with Crippen LogP contribution in [-0.4, -0.2) is 49.8 Å². The molecule has 2 aliphatic rings. The van der Waals surface area contributed by atoms with Crippen LogP contribution in [0.25, 0.3) is 0 Å². The Labute approximate surface area is 143 Å². The van der Waals surface area contributed by atoms with Crippen molar-refractivity contribution >= 4 is 5.91 Å². The van der Waals surface area contributed by atoms with E-state index in [4.69, 9.17) is 13.9 Å². The van der Waals surface area contributed by atoms with E-state index < -0.39 is 0 Å². The minimum Gasteiger partial charge on any atom is -0.466 e. The molecule has 3 rings (SSSR count). The first-order chi connectivity index (χ1) is 11.6. The zero-order chi connectivity index (χ0) is 17.2. The average molecular weight is 333 g/mol. The molecular formula is C19H27NO4. The van der Waals surface area contributed by atoms with E-state index in [1.807, 2.05) is 24.8 Å². The number of hydrogen-bond acceptors (Lipinski definition) is 4. The maximum absolute atomic E-state index is 12.9. The van der Waals surface area contributed by atoms with Gasteiger partial charge in [-0.2, -0.15) is 0 Å². The van der Waals surface area contributed by atoms with Crippen molar-refractivity contribution in [3.63, 3.8) is 0 Å². The van der Waals surface area contributed by atoms with Crippen molar-refractivity contribution in [2.45, 2.75) is 39.2 Å². The third kappa shape index (κ3) is 3.28. The molecule has 0 aromatic carbocycles. The van der Waals surface area contributed by atoms with Crippen molar-refractivity contribution in [3.8, 4) is 0 Å². The first-order valence-electron chi connectivity index (χ1n) is 8.72. The van der Waals surface area contributed by atoms with Gasteiger partial charge in [0.05, 0.1) is 24.9 Å². The highest BCUT2D eigenvalue weighted by Crippen LogP contribution is 2.41. The third-order valence-corrected chi connectivity index (χ3v) is 5.17. The fraction of sp³-hybridized carbons (Fsp3) is 0.632. The number of rotatable bonds is 5. The lowest BCUT2D eigenvalue weighted by atomic mass is 9.73. The Hall–Kier alpha value is -1.59. The van der Waals surface area contributed by atoms with Crippen molar-refractivity contribution in [2.75, 3.05) is 32.9 Å². The molecule has 1 aromatic heterocycles. The van der Waals surface area contributed by atoms with Crippen molar-refractivity contribution in [2.24, 2.45) is 5.41 Å². The van der Waals surface area contributed by atoms with E-state index >= 15 is 0 Å². The monoisotopic (exact) mass is 333 g/mol. The van der Waals surface area contributed by atoms with Crippen LogP contribution in [0, 0.1) is 19.3 Å². The van der Waals surface area contributed by atoms with E-state index in [1.54, 1.807) is 6.08 Å². The molecule has 0 radical (unpaired) electrons. The number of amides is 1. The number of fused-ring (bicyclic) bond motifs is 1. The summed E-state index contributed by atoms with van der Waals surface area (Å²) in [6.07, 6.45) is 4.84. The zero-order valence-corrected chi connectivity index (χ0v) is 14.7. The van der Waals surface area contributed by atoms with Gasteiger partial charge < -0.3 is 18.8 Å². The molecule has 0 spiro atoms. The SMILES string of the molecule is C=CCOC[C@@]12CCCO[C@H]1CCN(C(=O)c1cc(C)oc1C)C2. The van der Waals surface area contributed by atoms with Crippen LogP contribution in [0.1, 0.15) is 41.1 Å². The number of nitrogens with zero attached hydrogens (tertiary/aromatic N) is 1. The van der Waals surface area contributed by atoms with Gasteiger partial charge in [-0.15, -0.1) is 6.58 Å². The molecule has 0 N–H and O–H groups in total. The molecule has 3 heterocycles. The maximum Gasteiger partial charge on any atom is 0.257 e. The van der Waals surface area contributed by atoms with E-state index in [2.05, 4.69) is 6.58 Å². The number of carbonyl (C=O) groups excluding carboxylic acids is 1. The van der Waals surface area contributed by atoms with Crippen LogP contribution in [-0.2, 0) is 9.47 Å². The van der Waals surface area contributed by atoms with Crippen LogP contribution in [0.5, 0.6) is 0 Å². The Morgan fingerprint density at radius 1 is 1.54 bits per heavy atom. The van der Waals surface area contributed by atoms with E-state index in [9.17, 15) is 4.79 Å². The predicted octanol–water partition coefficient (Wildman–Crippen LogP) is 3.11. The summed E-state index contributed by atoms with van der Waals surface area (Å²) in [5, 5.41) is 0. The van der Waals surface area contributed by atoms with Crippen molar-refractivity contribution in [1.82, 2.24) is 4.90 Å². The lowest BCUT2D eigenvalue weighted by molar-refractivity contribution is -0.144. The van der Waals surface area contributed by atoms with Gasteiger partial charge in [0.2, 0.25) is 0 Å². The smallest absolute Gasteiger partial charge is 0.257 e. The van der Waals surface area contributed by atoms with Crippen molar-refractivity contribution in [3.05, 3.63) is 35.8 Å². The second kappa shape index (κ2) is 7.11. The van der Waals surface area contributed by atoms with Gasteiger partial charge in [0.25, 0.3) is 5.91 Å². The molecule has 2 fully saturated rings. The molecule has 0 unspecified atom stereocenters. The van der Waals surface area contributed by atoms with Gasteiger partial charge in [-0.25, -0.2) is 0 Å². The number of aryl methyl sites for hydroxylation is 2. The summed E-state index contributed by atoms with van der Waals surface area (Å²) in [5.74, 6) is 1.52.